The molecule has 1 amide bonds. The van der Waals surface area contributed by atoms with Crippen LogP contribution in [-0.4, -0.2) is 44.9 Å². The Morgan fingerprint density at radius 1 is 1.24 bits per heavy atom. The van der Waals surface area contributed by atoms with E-state index in [1.54, 1.807) is 24.3 Å². The molecule has 0 spiro atoms. The zero-order chi connectivity index (χ0) is 18.6. The van der Waals surface area contributed by atoms with Gasteiger partial charge in [-0.15, -0.1) is 0 Å². The number of amides is 1. The van der Waals surface area contributed by atoms with E-state index in [0.717, 1.165) is 0 Å². The number of ether oxygens (including phenoxy) is 1. The van der Waals surface area contributed by atoms with Gasteiger partial charge in [-0.3, -0.25) is 4.79 Å². The number of nitrogens with one attached hydrogen (secondary N) is 1. The van der Waals surface area contributed by atoms with Crippen LogP contribution in [0.5, 0.6) is 5.75 Å². The van der Waals surface area contributed by atoms with Crippen molar-refractivity contribution in [2.24, 2.45) is 11.8 Å². The molecular formula is C18H28N2O4S. The summed E-state index contributed by atoms with van der Waals surface area (Å²) in [5, 5.41) is 3.00. The Labute approximate surface area is 150 Å². The van der Waals surface area contributed by atoms with Gasteiger partial charge in [0.15, 0.2) is 0 Å². The number of piperidine rings is 1. The summed E-state index contributed by atoms with van der Waals surface area (Å²) < 4.78 is 32.2. The standard InChI is InChI=1S/C18H28N2O4S/c1-13(2)14(3)19-18(21)15-6-5-11-20(12-15)25(22,23)17-9-7-16(24-4)8-10-17/h7-10,13-15H,5-6,11-12H2,1-4H3,(H,19,21). The highest BCUT2D eigenvalue weighted by molar-refractivity contribution is 7.89. The lowest BCUT2D eigenvalue weighted by Gasteiger charge is -2.32. The molecule has 1 heterocycles. The van der Waals surface area contributed by atoms with Gasteiger partial charge in [0.2, 0.25) is 15.9 Å². The highest BCUT2D eigenvalue weighted by Crippen LogP contribution is 2.25. The van der Waals surface area contributed by atoms with Crippen LogP contribution in [0.15, 0.2) is 29.2 Å². The highest BCUT2D eigenvalue weighted by Gasteiger charge is 2.33. The van der Waals surface area contributed by atoms with Crippen molar-refractivity contribution in [3.8, 4) is 5.75 Å². The first kappa shape index (κ1) is 19.7. The summed E-state index contributed by atoms with van der Waals surface area (Å²) in [5.74, 6) is 0.586. The second-order valence-electron chi connectivity index (χ2n) is 6.92. The number of benzene rings is 1. The second kappa shape index (κ2) is 8.19. The number of hydrogen-bond acceptors (Lipinski definition) is 4. The third kappa shape index (κ3) is 4.73. The molecule has 1 aromatic carbocycles. The molecule has 1 aliphatic heterocycles. The highest BCUT2D eigenvalue weighted by atomic mass is 32.2. The van der Waals surface area contributed by atoms with Gasteiger partial charge in [-0.1, -0.05) is 13.8 Å². The molecule has 6 nitrogen and oxygen atoms in total. The summed E-state index contributed by atoms with van der Waals surface area (Å²) >= 11 is 0. The fraction of sp³-hybridized carbons (Fsp3) is 0.611. The fourth-order valence-electron chi connectivity index (χ4n) is 2.78. The largest absolute Gasteiger partial charge is 0.497 e. The summed E-state index contributed by atoms with van der Waals surface area (Å²) in [7, 11) is -2.06. The van der Waals surface area contributed by atoms with Crippen molar-refractivity contribution in [3.05, 3.63) is 24.3 Å². The third-order valence-electron chi connectivity index (χ3n) is 4.82. The molecule has 0 aliphatic carbocycles. The minimum Gasteiger partial charge on any atom is -0.497 e. The van der Waals surface area contributed by atoms with Gasteiger partial charge in [0.25, 0.3) is 0 Å². The smallest absolute Gasteiger partial charge is 0.243 e. The van der Waals surface area contributed by atoms with E-state index < -0.39 is 10.0 Å². The van der Waals surface area contributed by atoms with Crippen molar-refractivity contribution in [3.63, 3.8) is 0 Å². The van der Waals surface area contributed by atoms with E-state index in [4.69, 9.17) is 4.74 Å². The van der Waals surface area contributed by atoms with Crippen LogP contribution in [0.1, 0.15) is 33.6 Å². The van der Waals surface area contributed by atoms with Crippen LogP contribution >= 0.6 is 0 Å². The minimum atomic E-state index is -3.60. The molecule has 2 unspecified atom stereocenters. The predicted octanol–water partition coefficient (Wildman–Crippen LogP) is 2.26. The molecule has 0 aromatic heterocycles. The Morgan fingerprint density at radius 2 is 1.88 bits per heavy atom. The van der Waals surface area contributed by atoms with E-state index >= 15 is 0 Å². The molecule has 1 fully saturated rings. The van der Waals surface area contributed by atoms with Crippen LogP contribution < -0.4 is 10.1 Å². The van der Waals surface area contributed by atoms with Crippen LogP contribution in [0.4, 0.5) is 0 Å². The molecule has 0 saturated carbocycles. The molecule has 2 atom stereocenters. The molecule has 2 rings (SSSR count). The monoisotopic (exact) mass is 368 g/mol. The Kier molecular flexibility index (Phi) is 6.46. The van der Waals surface area contributed by atoms with Crippen molar-refractivity contribution >= 4 is 15.9 Å². The first-order chi connectivity index (χ1) is 11.8. The number of nitrogens with zero attached hydrogens (tertiary/aromatic N) is 1. The molecule has 1 saturated heterocycles. The van der Waals surface area contributed by atoms with Gasteiger partial charge in [0.05, 0.1) is 17.9 Å². The lowest BCUT2D eigenvalue weighted by Crippen LogP contribution is -2.47. The maximum atomic E-state index is 12.8. The minimum absolute atomic E-state index is 0.0594. The predicted molar refractivity (Wildman–Crippen MR) is 96.9 cm³/mol. The van der Waals surface area contributed by atoms with Crippen molar-refractivity contribution in [1.82, 2.24) is 9.62 Å². The maximum Gasteiger partial charge on any atom is 0.243 e. The topological polar surface area (TPSA) is 75.7 Å². The Hall–Kier alpha value is -1.60. The molecule has 1 aromatic rings. The lowest BCUT2D eigenvalue weighted by molar-refractivity contribution is -0.127. The first-order valence-corrected chi connectivity index (χ1v) is 10.1. The summed E-state index contributed by atoms with van der Waals surface area (Å²) in [5.41, 5.74) is 0. The van der Waals surface area contributed by atoms with Crippen molar-refractivity contribution < 1.29 is 17.9 Å². The van der Waals surface area contributed by atoms with E-state index in [2.05, 4.69) is 5.32 Å². The first-order valence-electron chi connectivity index (χ1n) is 8.70. The normalized spacial score (nSPS) is 20.3. The van der Waals surface area contributed by atoms with Gasteiger partial charge >= 0.3 is 0 Å². The summed E-state index contributed by atoms with van der Waals surface area (Å²) in [6, 6.07) is 6.41. The molecule has 140 valence electrons. The van der Waals surface area contributed by atoms with E-state index in [1.807, 2.05) is 20.8 Å². The van der Waals surface area contributed by atoms with Crippen molar-refractivity contribution in [1.29, 1.82) is 0 Å². The van der Waals surface area contributed by atoms with E-state index in [-0.39, 0.29) is 29.3 Å². The molecule has 7 heteroatoms. The number of rotatable bonds is 6. The van der Waals surface area contributed by atoms with Crippen LogP contribution in [0.25, 0.3) is 0 Å². The summed E-state index contributed by atoms with van der Waals surface area (Å²) in [4.78, 5) is 12.7. The zero-order valence-electron chi connectivity index (χ0n) is 15.4. The van der Waals surface area contributed by atoms with Crippen molar-refractivity contribution in [2.75, 3.05) is 20.2 Å². The lowest BCUT2D eigenvalue weighted by atomic mass is 9.97. The van der Waals surface area contributed by atoms with Crippen LogP contribution in [0.2, 0.25) is 0 Å². The number of carbonyl (C=O) groups excluding carboxylic acids is 1. The summed E-state index contributed by atoms with van der Waals surface area (Å²) in [6.07, 6.45) is 1.40. The number of carbonyl (C=O) groups is 1. The van der Waals surface area contributed by atoms with E-state index in [0.29, 0.717) is 31.1 Å². The average molecular weight is 368 g/mol. The van der Waals surface area contributed by atoms with E-state index in [1.165, 1.54) is 11.4 Å². The van der Waals surface area contributed by atoms with E-state index in [9.17, 15) is 13.2 Å². The van der Waals surface area contributed by atoms with Crippen LogP contribution in [0.3, 0.4) is 0 Å². The molecule has 25 heavy (non-hydrogen) atoms. The van der Waals surface area contributed by atoms with Gasteiger partial charge in [-0.05, 0) is 49.9 Å². The van der Waals surface area contributed by atoms with Gasteiger partial charge in [-0.2, -0.15) is 4.31 Å². The molecule has 0 radical (unpaired) electrons. The third-order valence-corrected chi connectivity index (χ3v) is 6.70. The average Bonchev–Trinajstić information content (AvgIpc) is 2.61. The summed E-state index contributed by atoms with van der Waals surface area (Å²) in [6.45, 7) is 6.73. The van der Waals surface area contributed by atoms with Gasteiger partial charge < -0.3 is 10.1 Å². The Balaban J connectivity index is 2.09. The van der Waals surface area contributed by atoms with Crippen molar-refractivity contribution in [2.45, 2.75) is 44.6 Å². The number of hydrogen-bond donors (Lipinski definition) is 1. The number of methoxy groups -OCH3 is 1. The molecule has 1 aliphatic rings. The fourth-order valence-corrected chi connectivity index (χ4v) is 4.30. The zero-order valence-corrected chi connectivity index (χ0v) is 16.2. The Bertz CT molecular complexity index is 686. The Morgan fingerprint density at radius 3 is 2.44 bits per heavy atom. The quantitative estimate of drug-likeness (QED) is 0.836. The van der Waals surface area contributed by atoms with Gasteiger partial charge in [0, 0.05) is 19.1 Å². The molecule has 1 N–H and O–H groups in total. The van der Waals surface area contributed by atoms with Gasteiger partial charge in [-0.25, -0.2) is 8.42 Å². The molecular weight excluding hydrogens is 340 g/mol. The van der Waals surface area contributed by atoms with Crippen LogP contribution in [0, 0.1) is 11.8 Å². The SMILES string of the molecule is COc1ccc(S(=O)(=O)N2CCCC(C(=O)NC(C)C(C)C)C2)cc1. The molecule has 0 bridgehead atoms. The van der Waals surface area contributed by atoms with Gasteiger partial charge in [0.1, 0.15) is 5.75 Å². The second-order valence-corrected chi connectivity index (χ2v) is 8.86. The number of sulfonamides is 1. The maximum absolute atomic E-state index is 12.8. The van der Waals surface area contributed by atoms with Crippen LogP contribution in [-0.2, 0) is 14.8 Å².